The fourth-order valence-electron chi connectivity index (χ4n) is 3.95. The minimum absolute atomic E-state index is 0.178. The van der Waals surface area contributed by atoms with E-state index in [1.807, 2.05) is 20.8 Å². The van der Waals surface area contributed by atoms with Crippen molar-refractivity contribution in [1.29, 1.82) is 0 Å². The van der Waals surface area contributed by atoms with E-state index in [1.54, 1.807) is 42.2 Å². The maximum absolute atomic E-state index is 13.1. The molecule has 0 radical (unpaired) electrons. The van der Waals surface area contributed by atoms with Gasteiger partial charge >= 0.3 is 6.09 Å². The summed E-state index contributed by atoms with van der Waals surface area (Å²) in [5.41, 5.74) is 1.29. The molecule has 2 aromatic carbocycles. The summed E-state index contributed by atoms with van der Waals surface area (Å²) in [6, 6.07) is 11.2. The van der Waals surface area contributed by atoms with Gasteiger partial charge in [-0.2, -0.15) is 0 Å². The number of halogens is 1. The number of rotatable bonds is 5. The number of furan rings is 1. The number of carbonyl (C=O) groups is 2. The Morgan fingerprint density at radius 3 is 2.62 bits per heavy atom. The summed E-state index contributed by atoms with van der Waals surface area (Å²) >= 11 is 0. The summed E-state index contributed by atoms with van der Waals surface area (Å²) in [4.78, 5) is 27.1. The van der Waals surface area contributed by atoms with Crippen molar-refractivity contribution in [3.8, 4) is 5.75 Å². The molecular formula is C26H29FN2O5. The van der Waals surface area contributed by atoms with Gasteiger partial charge in [-0.15, -0.1) is 0 Å². The Bertz CT molecular complexity index is 1200. The van der Waals surface area contributed by atoms with E-state index < -0.39 is 5.60 Å². The van der Waals surface area contributed by atoms with Crippen molar-refractivity contribution in [2.45, 2.75) is 52.4 Å². The molecular weight excluding hydrogens is 439 g/mol. The molecule has 34 heavy (non-hydrogen) atoms. The van der Waals surface area contributed by atoms with Gasteiger partial charge in [-0.3, -0.25) is 4.79 Å². The van der Waals surface area contributed by atoms with E-state index in [4.69, 9.17) is 13.9 Å². The number of likely N-dealkylation sites (tertiary alicyclic amines) is 1. The molecule has 0 aliphatic carbocycles. The number of nitrogens with one attached hydrogen (secondary N) is 1. The number of ether oxygens (including phenoxy) is 2. The van der Waals surface area contributed by atoms with Crippen LogP contribution in [0.3, 0.4) is 0 Å². The molecule has 2 heterocycles. The maximum atomic E-state index is 13.1. The average Bonchev–Trinajstić information content (AvgIpc) is 3.35. The quantitative estimate of drug-likeness (QED) is 0.557. The summed E-state index contributed by atoms with van der Waals surface area (Å²) in [7, 11) is 0. The first-order valence-electron chi connectivity index (χ1n) is 11.3. The van der Waals surface area contributed by atoms with Crippen LogP contribution < -0.4 is 10.1 Å². The highest BCUT2D eigenvalue weighted by atomic mass is 19.1. The van der Waals surface area contributed by atoms with Crippen LogP contribution in [0.2, 0.25) is 0 Å². The van der Waals surface area contributed by atoms with Crippen molar-refractivity contribution in [2.24, 2.45) is 0 Å². The van der Waals surface area contributed by atoms with Gasteiger partial charge < -0.3 is 24.1 Å². The highest BCUT2D eigenvalue weighted by Crippen LogP contribution is 2.30. The van der Waals surface area contributed by atoms with Gasteiger partial charge in [0.25, 0.3) is 5.91 Å². The zero-order valence-corrected chi connectivity index (χ0v) is 19.8. The predicted octanol–water partition coefficient (Wildman–Crippen LogP) is 5.20. The summed E-state index contributed by atoms with van der Waals surface area (Å²) < 4.78 is 30.2. The molecule has 1 atom stereocenters. The van der Waals surface area contributed by atoms with Crippen LogP contribution in [0.5, 0.6) is 5.75 Å². The third-order valence-corrected chi connectivity index (χ3v) is 5.56. The number of carbonyl (C=O) groups excluding carboxylic acids is 2. The predicted molar refractivity (Wildman–Crippen MR) is 125 cm³/mol. The van der Waals surface area contributed by atoms with Crippen LogP contribution in [0.15, 0.2) is 46.9 Å². The van der Waals surface area contributed by atoms with Gasteiger partial charge in [-0.25, -0.2) is 9.18 Å². The lowest BCUT2D eigenvalue weighted by atomic mass is 10.1. The molecule has 4 rings (SSSR count). The normalized spacial score (nSPS) is 16.0. The fraction of sp³-hybridized carbons (Fsp3) is 0.385. The van der Waals surface area contributed by atoms with Crippen LogP contribution in [-0.4, -0.2) is 41.6 Å². The van der Waals surface area contributed by atoms with E-state index in [1.165, 1.54) is 12.1 Å². The minimum Gasteiger partial charge on any atom is -0.489 e. The molecule has 0 unspecified atom stereocenters. The molecule has 2 amide bonds. The lowest BCUT2D eigenvalue weighted by Gasteiger charge is -2.24. The van der Waals surface area contributed by atoms with E-state index >= 15 is 0 Å². The summed E-state index contributed by atoms with van der Waals surface area (Å²) in [5.74, 6) is 0.517. The van der Waals surface area contributed by atoms with Crippen molar-refractivity contribution < 1.29 is 27.9 Å². The Kier molecular flexibility index (Phi) is 6.50. The van der Waals surface area contributed by atoms with Gasteiger partial charge in [0.15, 0.2) is 0 Å². The number of benzene rings is 2. The maximum Gasteiger partial charge on any atom is 0.410 e. The van der Waals surface area contributed by atoms with Crippen LogP contribution in [0.4, 0.5) is 9.18 Å². The van der Waals surface area contributed by atoms with E-state index in [9.17, 15) is 14.0 Å². The second-order valence-corrected chi connectivity index (χ2v) is 9.49. The zero-order valence-electron chi connectivity index (χ0n) is 19.8. The lowest BCUT2D eigenvalue weighted by molar-refractivity contribution is 0.0290. The van der Waals surface area contributed by atoms with Crippen LogP contribution in [-0.2, 0) is 11.3 Å². The SMILES string of the molecule is Cc1oc2ccc(OCc3ccc(F)cc3)cc2c1C(=O)N[C@@H]1CCN(C(=O)OC(C)(C)C)C1. The molecule has 3 aromatic rings. The zero-order chi connectivity index (χ0) is 24.5. The molecule has 0 bridgehead atoms. The molecule has 180 valence electrons. The van der Waals surface area contributed by atoms with Crippen molar-refractivity contribution in [3.05, 3.63) is 65.2 Å². The van der Waals surface area contributed by atoms with Crippen molar-refractivity contribution in [1.82, 2.24) is 10.2 Å². The number of hydrogen-bond acceptors (Lipinski definition) is 5. The number of hydrogen-bond donors (Lipinski definition) is 1. The first kappa shape index (κ1) is 23.6. The Morgan fingerprint density at radius 1 is 1.18 bits per heavy atom. The van der Waals surface area contributed by atoms with Crippen molar-refractivity contribution in [3.63, 3.8) is 0 Å². The molecule has 1 aromatic heterocycles. The van der Waals surface area contributed by atoms with Gasteiger partial charge in [0.05, 0.1) is 5.56 Å². The van der Waals surface area contributed by atoms with Crippen molar-refractivity contribution >= 4 is 23.0 Å². The Balaban J connectivity index is 1.44. The molecule has 8 heteroatoms. The molecule has 1 N–H and O–H groups in total. The standard InChI is InChI=1S/C26H29FN2O5/c1-16-23(24(30)28-19-11-12-29(14-19)25(31)34-26(2,3)4)21-13-20(9-10-22(21)33-16)32-15-17-5-7-18(27)8-6-17/h5-10,13,19H,11-12,14-15H2,1-4H3,(H,28,30)/t19-/m1/s1. The largest absolute Gasteiger partial charge is 0.489 e. The molecule has 0 spiro atoms. The first-order chi connectivity index (χ1) is 16.1. The average molecular weight is 469 g/mol. The second-order valence-electron chi connectivity index (χ2n) is 9.49. The highest BCUT2D eigenvalue weighted by Gasteiger charge is 2.31. The van der Waals surface area contributed by atoms with Crippen LogP contribution in [0.25, 0.3) is 11.0 Å². The molecule has 1 aliphatic rings. The number of nitrogens with zero attached hydrogens (tertiary/aromatic N) is 1. The van der Waals surface area contributed by atoms with Crippen LogP contribution in [0.1, 0.15) is 48.9 Å². The van der Waals surface area contributed by atoms with Gasteiger partial charge in [0.1, 0.15) is 35.1 Å². The topological polar surface area (TPSA) is 81.0 Å². The molecule has 1 aliphatic heterocycles. The number of amides is 2. The van der Waals surface area contributed by atoms with Gasteiger partial charge in [0, 0.05) is 24.5 Å². The van der Waals surface area contributed by atoms with Crippen LogP contribution >= 0.6 is 0 Å². The molecule has 1 saturated heterocycles. The summed E-state index contributed by atoms with van der Waals surface area (Å²) in [6.45, 7) is 8.40. The Labute approximate surface area is 197 Å². The van der Waals surface area contributed by atoms with E-state index in [0.717, 1.165) is 5.56 Å². The summed E-state index contributed by atoms with van der Waals surface area (Å²) in [6.07, 6.45) is 0.267. The lowest BCUT2D eigenvalue weighted by Crippen LogP contribution is -2.40. The van der Waals surface area contributed by atoms with E-state index in [0.29, 0.717) is 47.6 Å². The summed E-state index contributed by atoms with van der Waals surface area (Å²) in [5, 5.41) is 3.67. The first-order valence-corrected chi connectivity index (χ1v) is 11.3. The number of fused-ring (bicyclic) bond motifs is 1. The minimum atomic E-state index is -0.568. The third kappa shape index (κ3) is 5.50. The van der Waals surface area contributed by atoms with Crippen LogP contribution in [0, 0.1) is 12.7 Å². The molecule has 1 fully saturated rings. The molecule has 0 saturated carbocycles. The van der Waals surface area contributed by atoms with Gasteiger partial charge in [-0.05, 0) is 70.0 Å². The smallest absolute Gasteiger partial charge is 0.410 e. The highest BCUT2D eigenvalue weighted by molar-refractivity contribution is 6.07. The Hall–Kier alpha value is -3.55. The Morgan fingerprint density at radius 2 is 1.91 bits per heavy atom. The van der Waals surface area contributed by atoms with Gasteiger partial charge in [0.2, 0.25) is 0 Å². The monoisotopic (exact) mass is 468 g/mol. The van der Waals surface area contributed by atoms with E-state index in [2.05, 4.69) is 5.32 Å². The van der Waals surface area contributed by atoms with Gasteiger partial charge in [-0.1, -0.05) is 12.1 Å². The second kappa shape index (κ2) is 9.37. The number of aryl methyl sites for hydroxylation is 1. The van der Waals surface area contributed by atoms with E-state index in [-0.39, 0.29) is 30.5 Å². The third-order valence-electron chi connectivity index (χ3n) is 5.56. The van der Waals surface area contributed by atoms with Crippen molar-refractivity contribution in [2.75, 3.05) is 13.1 Å². The molecule has 7 nitrogen and oxygen atoms in total. The fourth-order valence-corrected chi connectivity index (χ4v) is 3.95.